The summed E-state index contributed by atoms with van der Waals surface area (Å²) in [6.45, 7) is 5.20. The van der Waals surface area contributed by atoms with Gasteiger partial charge in [-0.15, -0.1) is 0 Å². The van der Waals surface area contributed by atoms with Gasteiger partial charge in [0, 0.05) is 12.1 Å². The van der Waals surface area contributed by atoms with Crippen molar-refractivity contribution in [3.63, 3.8) is 0 Å². The van der Waals surface area contributed by atoms with Gasteiger partial charge in [0.15, 0.2) is 0 Å². The Morgan fingerprint density at radius 1 is 1.10 bits per heavy atom. The van der Waals surface area contributed by atoms with Crippen molar-refractivity contribution in [2.45, 2.75) is 64.5 Å². The second-order valence-electron chi connectivity index (χ2n) is 6.70. The van der Waals surface area contributed by atoms with E-state index in [4.69, 9.17) is 5.11 Å². The van der Waals surface area contributed by atoms with E-state index < -0.39 is 5.97 Å². The van der Waals surface area contributed by atoms with Crippen molar-refractivity contribution < 1.29 is 14.7 Å². The van der Waals surface area contributed by atoms with Crippen molar-refractivity contribution in [2.75, 3.05) is 13.1 Å². The fourth-order valence-electron chi connectivity index (χ4n) is 3.97. The van der Waals surface area contributed by atoms with Crippen molar-refractivity contribution in [1.82, 2.24) is 10.2 Å². The zero-order valence-corrected chi connectivity index (χ0v) is 13.2. The lowest BCUT2D eigenvalue weighted by atomic mass is 9.96. The fourth-order valence-corrected chi connectivity index (χ4v) is 3.97. The maximum atomic E-state index is 12.4. The molecule has 0 aromatic carbocycles. The Kier molecular flexibility index (Phi) is 5.62. The molecule has 1 aliphatic carbocycles. The molecule has 1 saturated heterocycles. The second-order valence-corrected chi connectivity index (χ2v) is 6.70. The molecule has 1 heterocycles. The van der Waals surface area contributed by atoms with Crippen molar-refractivity contribution in [1.29, 1.82) is 0 Å². The molecule has 5 heteroatoms. The summed E-state index contributed by atoms with van der Waals surface area (Å²) >= 11 is 0. The minimum Gasteiger partial charge on any atom is -0.481 e. The highest BCUT2D eigenvalue weighted by Gasteiger charge is 2.33. The number of carbonyl (C=O) groups is 2. The largest absolute Gasteiger partial charge is 0.481 e. The molecule has 2 fully saturated rings. The molecule has 21 heavy (non-hydrogen) atoms. The topological polar surface area (TPSA) is 69.6 Å². The third-order valence-corrected chi connectivity index (χ3v) is 5.14. The first kappa shape index (κ1) is 16.3. The lowest BCUT2D eigenvalue weighted by Gasteiger charge is -2.39. The summed E-state index contributed by atoms with van der Waals surface area (Å²) < 4.78 is 0. The molecule has 2 N–H and O–H groups in total. The van der Waals surface area contributed by atoms with Crippen LogP contribution < -0.4 is 5.32 Å². The highest BCUT2D eigenvalue weighted by atomic mass is 16.4. The minimum atomic E-state index is -0.691. The molecule has 0 aromatic heterocycles. The van der Waals surface area contributed by atoms with Crippen LogP contribution in [0, 0.1) is 11.8 Å². The highest BCUT2D eigenvalue weighted by molar-refractivity contribution is 5.79. The molecular formula is C16H28N2O3. The average molecular weight is 296 g/mol. The maximum Gasteiger partial charge on any atom is 0.306 e. The van der Waals surface area contributed by atoms with Crippen molar-refractivity contribution in [2.24, 2.45) is 11.8 Å². The number of piperidine rings is 1. The number of carboxylic acid groups (broad SMARTS) is 1. The number of carbonyl (C=O) groups excluding carboxylic acids is 1. The third kappa shape index (κ3) is 3.96. The normalized spacial score (nSPS) is 33.1. The van der Waals surface area contributed by atoms with Crippen LogP contribution in [-0.4, -0.2) is 47.1 Å². The molecular weight excluding hydrogens is 268 g/mol. The Morgan fingerprint density at radius 2 is 1.71 bits per heavy atom. The van der Waals surface area contributed by atoms with Gasteiger partial charge in [0.25, 0.3) is 0 Å². The number of carboxylic acids is 1. The summed E-state index contributed by atoms with van der Waals surface area (Å²) in [4.78, 5) is 25.5. The van der Waals surface area contributed by atoms with E-state index in [1.165, 1.54) is 6.42 Å². The van der Waals surface area contributed by atoms with Crippen LogP contribution in [0.25, 0.3) is 0 Å². The van der Waals surface area contributed by atoms with Crippen LogP contribution in [0.5, 0.6) is 0 Å². The zero-order chi connectivity index (χ0) is 15.4. The lowest BCUT2D eigenvalue weighted by molar-refractivity contribution is -0.142. The van der Waals surface area contributed by atoms with Crippen molar-refractivity contribution in [3.8, 4) is 0 Å². The summed E-state index contributed by atoms with van der Waals surface area (Å²) in [6, 6.07) is 0.641. The van der Waals surface area contributed by atoms with Gasteiger partial charge in [0.1, 0.15) is 0 Å². The monoisotopic (exact) mass is 296 g/mol. The molecule has 1 aliphatic heterocycles. The molecule has 0 radical (unpaired) electrons. The molecule has 5 nitrogen and oxygen atoms in total. The van der Waals surface area contributed by atoms with E-state index >= 15 is 0 Å². The van der Waals surface area contributed by atoms with Gasteiger partial charge in [-0.25, -0.2) is 0 Å². The van der Waals surface area contributed by atoms with Crippen LogP contribution in [0.4, 0.5) is 0 Å². The first-order chi connectivity index (χ1) is 10.0. The van der Waals surface area contributed by atoms with Crippen LogP contribution in [0.15, 0.2) is 0 Å². The predicted molar refractivity (Wildman–Crippen MR) is 81.0 cm³/mol. The molecule has 0 bridgehead atoms. The van der Waals surface area contributed by atoms with E-state index in [-0.39, 0.29) is 17.7 Å². The molecule has 120 valence electrons. The predicted octanol–water partition coefficient (Wildman–Crippen LogP) is 1.87. The average Bonchev–Trinajstić information content (AvgIpc) is 2.87. The third-order valence-electron chi connectivity index (χ3n) is 5.14. The quantitative estimate of drug-likeness (QED) is 0.812. The Bertz CT molecular complexity index is 376. The van der Waals surface area contributed by atoms with Gasteiger partial charge in [-0.05, 0) is 58.4 Å². The Labute approximate surface area is 127 Å². The molecule has 2 rings (SSSR count). The zero-order valence-electron chi connectivity index (χ0n) is 13.2. The fraction of sp³-hybridized carbons (Fsp3) is 0.875. The van der Waals surface area contributed by atoms with Gasteiger partial charge in [-0.2, -0.15) is 0 Å². The molecule has 4 atom stereocenters. The number of nitrogens with one attached hydrogen (secondary N) is 1. The number of rotatable bonds is 5. The number of aliphatic carboxylic acids is 1. The summed E-state index contributed by atoms with van der Waals surface area (Å²) in [5.74, 6) is -0.601. The van der Waals surface area contributed by atoms with Gasteiger partial charge in [0.2, 0.25) is 5.91 Å². The maximum absolute atomic E-state index is 12.4. The van der Waals surface area contributed by atoms with Gasteiger partial charge in [0.05, 0.1) is 12.5 Å². The van der Waals surface area contributed by atoms with Crippen LogP contribution in [0.2, 0.25) is 0 Å². The van der Waals surface area contributed by atoms with Crippen molar-refractivity contribution >= 4 is 11.9 Å². The second kappa shape index (κ2) is 7.25. The van der Waals surface area contributed by atoms with Gasteiger partial charge in [-0.1, -0.05) is 6.42 Å². The summed E-state index contributed by atoms with van der Waals surface area (Å²) in [5, 5.41) is 12.4. The molecule has 1 amide bonds. The van der Waals surface area contributed by atoms with Crippen molar-refractivity contribution in [3.05, 3.63) is 0 Å². The number of amides is 1. The smallest absolute Gasteiger partial charge is 0.306 e. The lowest BCUT2D eigenvalue weighted by Crippen LogP contribution is -2.50. The first-order valence-electron chi connectivity index (χ1n) is 8.25. The molecule has 1 saturated carbocycles. The molecule has 4 unspecified atom stereocenters. The van der Waals surface area contributed by atoms with E-state index in [2.05, 4.69) is 19.2 Å². The van der Waals surface area contributed by atoms with E-state index in [0.29, 0.717) is 25.2 Å². The summed E-state index contributed by atoms with van der Waals surface area (Å²) in [7, 11) is 0. The number of nitrogens with zero attached hydrogens (tertiary/aromatic N) is 1. The molecule has 0 aromatic rings. The van der Waals surface area contributed by atoms with Crippen LogP contribution >= 0.6 is 0 Å². The highest BCUT2D eigenvalue weighted by Crippen LogP contribution is 2.31. The van der Waals surface area contributed by atoms with Crippen LogP contribution in [-0.2, 0) is 9.59 Å². The molecule has 0 spiro atoms. The minimum absolute atomic E-state index is 0.152. The van der Waals surface area contributed by atoms with Crippen LogP contribution in [0.3, 0.4) is 0 Å². The van der Waals surface area contributed by atoms with Crippen LogP contribution in [0.1, 0.15) is 52.4 Å². The summed E-state index contributed by atoms with van der Waals surface area (Å²) in [6.07, 6.45) is 6.07. The van der Waals surface area contributed by atoms with E-state index in [1.807, 2.05) is 4.90 Å². The van der Waals surface area contributed by atoms with Gasteiger partial charge >= 0.3 is 5.97 Å². The SMILES string of the molecule is CC1CCCC(C)N1C(=O)CNCC1CCCC1C(=O)O. The molecule has 2 aliphatic rings. The number of hydrogen-bond donors (Lipinski definition) is 2. The Hall–Kier alpha value is -1.10. The standard InChI is InChI=1S/C16H28N2O3/c1-11-5-3-6-12(2)18(11)15(19)10-17-9-13-7-4-8-14(13)16(20)21/h11-14,17H,3-10H2,1-2H3,(H,20,21). The Morgan fingerprint density at radius 3 is 2.33 bits per heavy atom. The first-order valence-corrected chi connectivity index (χ1v) is 8.25. The van der Waals surface area contributed by atoms with E-state index in [0.717, 1.165) is 32.1 Å². The van der Waals surface area contributed by atoms with E-state index in [1.54, 1.807) is 0 Å². The van der Waals surface area contributed by atoms with Gasteiger partial charge in [-0.3, -0.25) is 9.59 Å². The Balaban J connectivity index is 1.77. The van der Waals surface area contributed by atoms with E-state index in [9.17, 15) is 9.59 Å². The number of hydrogen-bond acceptors (Lipinski definition) is 3. The van der Waals surface area contributed by atoms with Gasteiger partial charge < -0.3 is 15.3 Å². The summed E-state index contributed by atoms with van der Waals surface area (Å²) in [5.41, 5.74) is 0. The number of likely N-dealkylation sites (tertiary alicyclic amines) is 1.